The summed E-state index contributed by atoms with van der Waals surface area (Å²) in [5, 5.41) is 11.4. The molecule has 0 fully saturated rings. The topological polar surface area (TPSA) is 69.6 Å². The molecule has 5 heteroatoms. The molecule has 0 aliphatic carbocycles. The van der Waals surface area contributed by atoms with Gasteiger partial charge in [-0.2, -0.15) is 0 Å². The van der Waals surface area contributed by atoms with E-state index in [1.54, 1.807) is 7.05 Å². The van der Waals surface area contributed by atoms with E-state index in [-0.39, 0.29) is 19.0 Å². The number of aliphatic carboxylic acids is 1. The number of carbonyl (C=O) groups is 2. The van der Waals surface area contributed by atoms with Gasteiger partial charge in [-0.15, -0.1) is 0 Å². The average molecular weight is 278 g/mol. The maximum atomic E-state index is 11.7. The van der Waals surface area contributed by atoms with E-state index in [0.29, 0.717) is 6.54 Å². The van der Waals surface area contributed by atoms with E-state index in [1.165, 1.54) is 21.6 Å². The van der Waals surface area contributed by atoms with Crippen molar-refractivity contribution in [1.29, 1.82) is 0 Å². The Labute approximate surface area is 119 Å². The Morgan fingerprint density at radius 3 is 2.35 bits per heavy atom. The normalized spacial score (nSPS) is 10.2. The summed E-state index contributed by atoms with van der Waals surface area (Å²) in [6, 6.07) is 6.08. The van der Waals surface area contributed by atoms with Gasteiger partial charge in [-0.1, -0.05) is 29.3 Å². The number of aryl methyl sites for hydroxylation is 2. The number of urea groups is 1. The standard InChI is InChI=1S/C15H22N2O3/c1-11-8-12(2)10-13(9-11)4-6-16-15(20)17(3)7-5-14(18)19/h8-10H,4-7H2,1-3H3,(H,16,20)(H,18,19). The zero-order chi connectivity index (χ0) is 15.1. The third-order valence-electron chi connectivity index (χ3n) is 2.98. The predicted octanol–water partition coefficient (Wildman–Crippen LogP) is 1.96. The third-order valence-corrected chi connectivity index (χ3v) is 2.98. The summed E-state index contributed by atoms with van der Waals surface area (Å²) in [6.45, 7) is 4.85. The van der Waals surface area contributed by atoms with Crippen LogP contribution in [0.4, 0.5) is 4.79 Å². The summed E-state index contributed by atoms with van der Waals surface area (Å²) in [5.41, 5.74) is 3.62. The fraction of sp³-hybridized carbons (Fsp3) is 0.467. The minimum atomic E-state index is -0.903. The number of carboxylic acid groups (broad SMARTS) is 1. The molecule has 5 nitrogen and oxygen atoms in total. The summed E-state index contributed by atoms with van der Waals surface area (Å²) >= 11 is 0. The first-order valence-electron chi connectivity index (χ1n) is 6.66. The lowest BCUT2D eigenvalue weighted by atomic mass is 10.1. The van der Waals surface area contributed by atoms with Gasteiger partial charge in [0.2, 0.25) is 0 Å². The van der Waals surface area contributed by atoms with Gasteiger partial charge in [0.15, 0.2) is 0 Å². The minimum absolute atomic E-state index is 0.0407. The number of carbonyl (C=O) groups excluding carboxylic acids is 1. The van der Waals surface area contributed by atoms with Gasteiger partial charge in [-0.05, 0) is 25.8 Å². The van der Waals surface area contributed by atoms with Crippen LogP contribution in [0.1, 0.15) is 23.1 Å². The summed E-state index contributed by atoms with van der Waals surface area (Å²) in [6.07, 6.45) is 0.724. The molecular formula is C15H22N2O3. The predicted molar refractivity (Wildman–Crippen MR) is 77.9 cm³/mol. The fourth-order valence-corrected chi connectivity index (χ4v) is 2.03. The molecule has 0 radical (unpaired) electrons. The number of benzene rings is 1. The first-order valence-corrected chi connectivity index (χ1v) is 6.66. The van der Waals surface area contributed by atoms with Crippen LogP contribution in [0, 0.1) is 13.8 Å². The van der Waals surface area contributed by atoms with E-state index in [9.17, 15) is 9.59 Å². The molecule has 0 unspecified atom stereocenters. The Morgan fingerprint density at radius 2 is 1.80 bits per heavy atom. The molecule has 0 aliphatic heterocycles. The van der Waals surface area contributed by atoms with Crippen molar-refractivity contribution in [3.8, 4) is 0 Å². The molecule has 1 aromatic rings. The molecule has 0 atom stereocenters. The van der Waals surface area contributed by atoms with Gasteiger partial charge in [0, 0.05) is 20.1 Å². The van der Waals surface area contributed by atoms with Gasteiger partial charge in [-0.25, -0.2) is 4.79 Å². The van der Waals surface area contributed by atoms with Crippen molar-refractivity contribution < 1.29 is 14.7 Å². The lowest BCUT2D eigenvalue weighted by Gasteiger charge is -2.17. The van der Waals surface area contributed by atoms with Gasteiger partial charge in [0.25, 0.3) is 0 Å². The molecule has 20 heavy (non-hydrogen) atoms. The van der Waals surface area contributed by atoms with E-state index in [1.807, 2.05) is 0 Å². The van der Waals surface area contributed by atoms with Crippen molar-refractivity contribution in [1.82, 2.24) is 10.2 Å². The van der Waals surface area contributed by atoms with Crippen LogP contribution in [-0.4, -0.2) is 42.1 Å². The number of rotatable bonds is 6. The molecule has 1 aromatic carbocycles. The number of hydrogen-bond donors (Lipinski definition) is 2. The maximum absolute atomic E-state index is 11.7. The Bertz CT molecular complexity index is 466. The van der Waals surface area contributed by atoms with E-state index in [4.69, 9.17) is 5.11 Å². The molecule has 0 aliphatic rings. The molecule has 2 amide bonds. The molecule has 1 rings (SSSR count). The molecule has 0 saturated carbocycles. The highest BCUT2D eigenvalue weighted by molar-refractivity contribution is 5.74. The second-order valence-corrected chi connectivity index (χ2v) is 5.04. The third kappa shape index (κ3) is 5.73. The molecular weight excluding hydrogens is 256 g/mol. The highest BCUT2D eigenvalue weighted by Crippen LogP contribution is 2.09. The van der Waals surface area contributed by atoms with Crippen LogP contribution >= 0.6 is 0 Å². The SMILES string of the molecule is Cc1cc(C)cc(CCNC(=O)N(C)CCC(=O)O)c1. The Hall–Kier alpha value is -2.04. The second-order valence-electron chi connectivity index (χ2n) is 5.04. The van der Waals surface area contributed by atoms with Crippen molar-refractivity contribution in [2.75, 3.05) is 20.1 Å². The molecule has 0 spiro atoms. The van der Waals surface area contributed by atoms with Crippen LogP contribution in [0.15, 0.2) is 18.2 Å². The van der Waals surface area contributed by atoms with Crippen LogP contribution in [0.2, 0.25) is 0 Å². The smallest absolute Gasteiger partial charge is 0.317 e. The van der Waals surface area contributed by atoms with Gasteiger partial charge in [-0.3, -0.25) is 4.79 Å². The second kappa shape index (κ2) is 7.53. The number of nitrogens with one attached hydrogen (secondary N) is 1. The number of nitrogens with zero attached hydrogens (tertiary/aromatic N) is 1. The van der Waals surface area contributed by atoms with Crippen molar-refractivity contribution in [3.63, 3.8) is 0 Å². The van der Waals surface area contributed by atoms with E-state index in [2.05, 4.69) is 37.4 Å². The van der Waals surface area contributed by atoms with Gasteiger partial charge in [0.05, 0.1) is 6.42 Å². The zero-order valence-electron chi connectivity index (χ0n) is 12.3. The Morgan fingerprint density at radius 1 is 1.20 bits per heavy atom. The average Bonchev–Trinajstić information content (AvgIpc) is 2.34. The van der Waals surface area contributed by atoms with Crippen LogP contribution in [0.3, 0.4) is 0 Å². The van der Waals surface area contributed by atoms with Crippen LogP contribution in [0.5, 0.6) is 0 Å². The van der Waals surface area contributed by atoms with Crippen LogP contribution in [-0.2, 0) is 11.2 Å². The molecule has 0 bridgehead atoms. The van der Waals surface area contributed by atoms with E-state index >= 15 is 0 Å². The lowest BCUT2D eigenvalue weighted by Crippen LogP contribution is -2.39. The first-order chi connectivity index (χ1) is 9.38. The Balaban J connectivity index is 2.36. The zero-order valence-corrected chi connectivity index (χ0v) is 12.3. The van der Waals surface area contributed by atoms with Crippen molar-refractivity contribution >= 4 is 12.0 Å². The molecule has 110 valence electrons. The van der Waals surface area contributed by atoms with Crippen LogP contribution < -0.4 is 5.32 Å². The molecule has 0 aromatic heterocycles. The minimum Gasteiger partial charge on any atom is -0.481 e. The summed E-state index contributed by atoms with van der Waals surface area (Å²) < 4.78 is 0. The largest absolute Gasteiger partial charge is 0.481 e. The number of hydrogen-bond acceptors (Lipinski definition) is 2. The van der Waals surface area contributed by atoms with Crippen LogP contribution in [0.25, 0.3) is 0 Å². The highest BCUT2D eigenvalue weighted by atomic mass is 16.4. The molecule has 2 N–H and O–H groups in total. The van der Waals surface area contributed by atoms with Crippen molar-refractivity contribution in [2.24, 2.45) is 0 Å². The fourth-order valence-electron chi connectivity index (χ4n) is 2.03. The van der Waals surface area contributed by atoms with Crippen molar-refractivity contribution in [2.45, 2.75) is 26.7 Å². The highest BCUT2D eigenvalue weighted by Gasteiger charge is 2.09. The Kier molecular flexibility index (Phi) is 6.03. The summed E-state index contributed by atoms with van der Waals surface area (Å²) in [7, 11) is 1.59. The first kappa shape index (κ1) is 16.0. The maximum Gasteiger partial charge on any atom is 0.317 e. The van der Waals surface area contributed by atoms with Crippen molar-refractivity contribution in [3.05, 3.63) is 34.9 Å². The lowest BCUT2D eigenvalue weighted by molar-refractivity contribution is -0.137. The summed E-state index contributed by atoms with van der Waals surface area (Å²) in [5.74, 6) is -0.903. The van der Waals surface area contributed by atoms with E-state index < -0.39 is 5.97 Å². The molecule has 0 heterocycles. The van der Waals surface area contributed by atoms with Gasteiger partial charge >= 0.3 is 12.0 Å². The number of amides is 2. The number of carboxylic acids is 1. The quantitative estimate of drug-likeness (QED) is 0.835. The van der Waals surface area contributed by atoms with Gasteiger partial charge < -0.3 is 15.3 Å². The molecule has 0 saturated heterocycles. The van der Waals surface area contributed by atoms with E-state index in [0.717, 1.165) is 6.42 Å². The summed E-state index contributed by atoms with van der Waals surface area (Å²) in [4.78, 5) is 23.5. The monoisotopic (exact) mass is 278 g/mol. The van der Waals surface area contributed by atoms with Gasteiger partial charge in [0.1, 0.15) is 0 Å².